The monoisotopic (exact) mass is 383 g/mol. The number of rotatable bonds is 8. The Bertz CT molecular complexity index is 706. The van der Waals surface area contributed by atoms with Gasteiger partial charge in [0.05, 0.1) is 17.1 Å². The van der Waals surface area contributed by atoms with E-state index in [1.54, 1.807) is 0 Å². The third kappa shape index (κ3) is 7.10. The molecule has 0 aliphatic heterocycles. The first kappa shape index (κ1) is 21.4. The summed E-state index contributed by atoms with van der Waals surface area (Å²) in [6, 6.07) is 3.35. The minimum atomic E-state index is -1.13. The van der Waals surface area contributed by atoms with Crippen molar-refractivity contribution in [3.8, 4) is 0 Å². The molecule has 0 aliphatic rings. The fraction of sp³-hybridized carbons (Fsp3) is 0.412. The fourth-order valence-corrected chi connectivity index (χ4v) is 2.38. The molecule has 0 aliphatic carbocycles. The second-order valence-electron chi connectivity index (χ2n) is 6.15. The number of carboxylic acid groups (broad SMARTS) is 1. The molecule has 1 atom stereocenters. The molecule has 0 bridgehead atoms. The Morgan fingerprint density at radius 1 is 1.19 bits per heavy atom. The molecule has 0 radical (unpaired) electrons. The zero-order valence-corrected chi connectivity index (χ0v) is 15.5. The number of amides is 3. The molecular weight excluding hydrogens is 362 g/mol. The lowest BCUT2D eigenvalue weighted by Gasteiger charge is -2.16. The van der Waals surface area contributed by atoms with Gasteiger partial charge in [0, 0.05) is 12.6 Å². The highest BCUT2D eigenvalue weighted by molar-refractivity contribution is 6.34. The van der Waals surface area contributed by atoms with Gasteiger partial charge in [-0.15, -0.1) is 0 Å². The van der Waals surface area contributed by atoms with Gasteiger partial charge in [0.1, 0.15) is 6.04 Å². The van der Waals surface area contributed by atoms with Crippen LogP contribution in [0.4, 0.5) is 5.69 Å². The summed E-state index contributed by atoms with van der Waals surface area (Å²) in [6.07, 6.45) is 0.277. The van der Waals surface area contributed by atoms with Crippen LogP contribution in [0.15, 0.2) is 18.2 Å². The number of hydrogen-bond donors (Lipinski definition) is 4. The summed E-state index contributed by atoms with van der Waals surface area (Å²) in [4.78, 5) is 46.3. The number of aliphatic carboxylic acids is 1. The highest BCUT2D eigenvalue weighted by atomic mass is 35.5. The summed E-state index contributed by atoms with van der Waals surface area (Å²) >= 11 is 5.97. The molecule has 9 heteroatoms. The number of carbonyl (C=O) groups excluding carboxylic acids is 3. The van der Waals surface area contributed by atoms with E-state index >= 15 is 0 Å². The summed E-state index contributed by atoms with van der Waals surface area (Å²) in [5.74, 6) is -2.60. The largest absolute Gasteiger partial charge is 0.480 e. The molecule has 3 amide bonds. The summed E-state index contributed by atoms with van der Waals surface area (Å²) in [7, 11) is 0. The number of benzene rings is 1. The topological polar surface area (TPSA) is 125 Å². The predicted octanol–water partition coefficient (Wildman–Crippen LogP) is 1.64. The van der Waals surface area contributed by atoms with Crippen molar-refractivity contribution in [2.24, 2.45) is 5.92 Å². The van der Waals surface area contributed by atoms with Crippen molar-refractivity contribution < 1.29 is 24.3 Å². The Kier molecular flexibility index (Phi) is 8.05. The highest BCUT2D eigenvalue weighted by Crippen LogP contribution is 2.20. The van der Waals surface area contributed by atoms with Crippen molar-refractivity contribution in [3.63, 3.8) is 0 Å². The van der Waals surface area contributed by atoms with E-state index in [4.69, 9.17) is 16.7 Å². The van der Waals surface area contributed by atoms with Crippen molar-refractivity contribution in [2.45, 2.75) is 33.2 Å². The van der Waals surface area contributed by atoms with Crippen molar-refractivity contribution in [2.75, 3.05) is 11.9 Å². The van der Waals surface area contributed by atoms with Crippen LogP contribution in [0, 0.1) is 5.92 Å². The van der Waals surface area contributed by atoms with Crippen molar-refractivity contribution in [1.29, 1.82) is 0 Å². The van der Waals surface area contributed by atoms with Crippen LogP contribution in [-0.2, 0) is 14.4 Å². The molecule has 8 nitrogen and oxygen atoms in total. The number of carboxylic acids is 1. The summed E-state index contributed by atoms with van der Waals surface area (Å²) in [5.41, 5.74) is 0.474. The Morgan fingerprint density at radius 2 is 1.85 bits per heavy atom. The van der Waals surface area contributed by atoms with Gasteiger partial charge in [0.15, 0.2) is 0 Å². The molecule has 0 fully saturated rings. The molecule has 0 aromatic heterocycles. The van der Waals surface area contributed by atoms with E-state index in [-0.39, 0.29) is 28.8 Å². The van der Waals surface area contributed by atoms with E-state index in [0.717, 1.165) is 0 Å². The van der Waals surface area contributed by atoms with Crippen molar-refractivity contribution >= 4 is 41.0 Å². The van der Waals surface area contributed by atoms with Gasteiger partial charge in [0.25, 0.3) is 5.91 Å². The maximum atomic E-state index is 12.2. The molecule has 0 heterocycles. The lowest BCUT2D eigenvalue weighted by Crippen LogP contribution is -2.46. The number of hydrogen-bond acceptors (Lipinski definition) is 4. The third-order valence-corrected chi connectivity index (χ3v) is 3.61. The zero-order chi connectivity index (χ0) is 19.9. The molecular formula is C17H22ClN3O5. The van der Waals surface area contributed by atoms with Gasteiger partial charge in [-0.05, 0) is 30.5 Å². The molecule has 1 rings (SSSR count). The molecule has 142 valence electrons. The number of carbonyl (C=O) groups is 4. The van der Waals surface area contributed by atoms with Crippen LogP contribution in [0.1, 0.15) is 37.6 Å². The molecule has 0 saturated heterocycles. The average molecular weight is 384 g/mol. The van der Waals surface area contributed by atoms with E-state index in [1.807, 2.05) is 13.8 Å². The SMILES string of the molecule is CC(=O)Nc1ccc(Cl)c(C(=O)NCC(=O)N[C@@H](CC(C)C)C(=O)O)c1. The standard InChI is InChI=1S/C17H22ClN3O5/c1-9(2)6-14(17(25)26)21-15(23)8-19-16(24)12-7-11(20-10(3)22)4-5-13(12)18/h4-5,7,9,14H,6,8H2,1-3H3,(H,19,24)(H,20,22)(H,21,23)(H,25,26)/t14-/m0/s1. The first-order chi connectivity index (χ1) is 12.1. The zero-order valence-electron chi connectivity index (χ0n) is 14.8. The van der Waals surface area contributed by atoms with Gasteiger partial charge in [-0.2, -0.15) is 0 Å². The van der Waals surface area contributed by atoms with Crippen LogP contribution >= 0.6 is 11.6 Å². The molecule has 1 aromatic rings. The maximum Gasteiger partial charge on any atom is 0.326 e. The first-order valence-corrected chi connectivity index (χ1v) is 8.35. The Morgan fingerprint density at radius 3 is 2.38 bits per heavy atom. The van der Waals surface area contributed by atoms with E-state index in [0.29, 0.717) is 5.69 Å². The Hall–Kier alpha value is -2.61. The minimum absolute atomic E-state index is 0.0845. The average Bonchev–Trinajstić information content (AvgIpc) is 2.52. The number of anilines is 1. The molecule has 0 spiro atoms. The minimum Gasteiger partial charge on any atom is -0.480 e. The predicted molar refractivity (Wildman–Crippen MR) is 97.1 cm³/mol. The van der Waals surface area contributed by atoms with Crippen LogP contribution in [0.25, 0.3) is 0 Å². The van der Waals surface area contributed by atoms with E-state index in [1.165, 1.54) is 25.1 Å². The lowest BCUT2D eigenvalue weighted by molar-refractivity contribution is -0.142. The lowest BCUT2D eigenvalue weighted by atomic mass is 10.0. The van der Waals surface area contributed by atoms with Crippen LogP contribution in [0.2, 0.25) is 5.02 Å². The van der Waals surface area contributed by atoms with Crippen molar-refractivity contribution in [1.82, 2.24) is 10.6 Å². The van der Waals surface area contributed by atoms with E-state index < -0.39 is 30.4 Å². The van der Waals surface area contributed by atoms with Crippen LogP contribution in [-0.4, -0.2) is 41.4 Å². The molecule has 26 heavy (non-hydrogen) atoms. The second kappa shape index (κ2) is 9.76. The molecule has 0 unspecified atom stereocenters. The van der Waals surface area contributed by atoms with Crippen LogP contribution < -0.4 is 16.0 Å². The van der Waals surface area contributed by atoms with Gasteiger partial charge >= 0.3 is 5.97 Å². The van der Waals surface area contributed by atoms with Gasteiger partial charge in [-0.25, -0.2) is 4.79 Å². The quantitative estimate of drug-likeness (QED) is 0.543. The smallest absolute Gasteiger partial charge is 0.326 e. The van der Waals surface area contributed by atoms with E-state index in [2.05, 4.69) is 16.0 Å². The van der Waals surface area contributed by atoms with Gasteiger partial charge in [0.2, 0.25) is 11.8 Å². The van der Waals surface area contributed by atoms with E-state index in [9.17, 15) is 19.2 Å². The second-order valence-corrected chi connectivity index (χ2v) is 6.55. The number of nitrogens with one attached hydrogen (secondary N) is 3. The summed E-state index contributed by atoms with van der Waals surface area (Å²) in [6.45, 7) is 4.61. The van der Waals surface area contributed by atoms with Gasteiger partial charge < -0.3 is 21.1 Å². The highest BCUT2D eigenvalue weighted by Gasteiger charge is 2.21. The van der Waals surface area contributed by atoms with Crippen LogP contribution in [0.3, 0.4) is 0 Å². The Labute approximate surface area is 156 Å². The normalized spacial score (nSPS) is 11.6. The molecule has 1 aromatic carbocycles. The first-order valence-electron chi connectivity index (χ1n) is 7.97. The molecule has 0 saturated carbocycles. The third-order valence-electron chi connectivity index (χ3n) is 3.28. The summed E-state index contributed by atoms with van der Waals surface area (Å²) < 4.78 is 0. The van der Waals surface area contributed by atoms with Gasteiger partial charge in [-0.3, -0.25) is 14.4 Å². The number of halogens is 1. The fourth-order valence-electron chi connectivity index (χ4n) is 2.17. The molecule has 4 N–H and O–H groups in total. The summed E-state index contributed by atoms with van der Waals surface area (Å²) in [5, 5.41) is 16.5. The van der Waals surface area contributed by atoms with Crippen LogP contribution in [0.5, 0.6) is 0 Å². The maximum absolute atomic E-state index is 12.2. The van der Waals surface area contributed by atoms with Gasteiger partial charge in [-0.1, -0.05) is 25.4 Å². The van der Waals surface area contributed by atoms with Crippen molar-refractivity contribution in [3.05, 3.63) is 28.8 Å². The Balaban J connectivity index is 2.69.